The quantitative estimate of drug-likeness (QED) is 0.131. The molecule has 10 atom stereocenters. The highest BCUT2D eigenvalue weighted by Gasteiger charge is 2.63. The molecular weight excluding hydrogens is 1210 g/mol. The molecule has 500 valence electrons. The van der Waals surface area contributed by atoms with E-state index in [9.17, 15) is 61.8 Å². The summed E-state index contributed by atoms with van der Waals surface area (Å²) in [6, 6.07) is 4.40. The third-order valence-electron chi connectivity index (χ3n) is 16.9. The van der Waals surface area contributed by atoms with Gasteiger partial charge in [-0.25, -0.2) is 37.5 Å². The number of alkyl carbamates (subject to hydrolysis) is 2. The maximum absolute atomic E-state index is 14.3. The van der Waals surface area contributed by atoms with Crippen molar-refractivity contribution in [3.8, 4) is 0 Å². The Bertz CT molecular complexity index is 3240. The van der Waals surface area contributed by atoms with E-state index in [1.807, 2.05) is 18.2 Å². The van der Waals surface area contributed by atoms with E-state index in [-0.39, 0.29) is 97.5 Å². The second-order valence-electron chi connectivity index (χ2n) is 26.2. The van der Waals surface area contributed by atoms with Crippen molar-refractivity contribution in [2.24, 2.45) is 11.8 Å². The van der Waals surface area contributed by atoms with Crippen LogP contribution in [0.3, 0.4) is 0 Å². The molecule has 6 heterocycles. The van der Waals surface area contributed by atoms with Gasteiger partial charge in [0, 0.05) is 62.1 Å². The van der Waals surface area contributed by atoms with Crippen LogP contribution < -0.4 is 21.3 Å². The zero-order valence-corrected chi connectivity index (χ0v) is 52.8. The van der Waals surface area contributed by atoms with Crippen molar-refractivity contribution < 1.29 is 95.0 Å². The molecule has 2 aliphatic carbocycles. The van der Waals surface area contributed by atoms with E-state index < -0.39 is 136 Å². The molecule has 0 aromatic heterocycles. The van der Waals surface area contributed by atoms with Crippen molar-refractivity contribution in [3.05, 3.63) is 94.6 Å². The molecule has 8 amide bonds. The first-order chi connectivity index (χ1) is 43.6. The Morgan fingerprint density at radius 2 is 1.07 bits per heavy atom. The number of hydrogen-bond acceptors (Lipinski definition) is 17. The molecule has 5 N–H and O–H groups in total. The number of halogens is 2. The van der Waals surface area contributed by atoms with Gasteiger partial charge in [0.05, 0.1) is 46.0 Å². The van der Waals surface area contributed by atoms with Crippen LogP contribution in [0.1, 0.15) is 122 Å². The summed E-state index contributed by atoms with van der Waals surface area (Å²) in [5.41, 5.74) is -2.36. The van der Waals surface area contributed by atoms with Gasteiger partial charge in [0.15, 0.2) is 0 Å². The van der Waals surface area contributed by atoms with E-state index in [4.69, 9.17) is 33.2 Å². The maximum atomic E-state index is 14.3. The summed E-state index contributed by atoms with van der Waals surface area (Å²) in [6.07, 6.45) is 5.14. The van der Waals surface area contributed by atoms with Crippen molar-refractivity contribution in [1.82, 2.24) is 40.9 Å². The number of nitrogens with zero attached hydrogens (tertiary/aromatic N) is 4. The van der Waals surface area contributed by atoms with Crippen molar-refractivity contribution in [3.63, 3.8) is 0 Å². The monoisotopic (exact) mass is 1290 g/mol. The van der Waals surface area contributed by atoms with Gasteiger partial charge in [0.25, 0.3) is 0 Å². The highest BCUT2D eigenvalue weighted by molar-refractivity contribution is 5.98. The number of rotatable bonds is 7. The van der Waals surface area contributed by atoms with Gasteiger partial charge in [-0.05, 0) is 110 Å². The summed E-state index contributed by atoms with van der Waals surface area (Å²) >= 11 is 0. The van der Waals surface area contributed by atoms with E-state index in [2.05, 4.69) is 21.3 Å². The van der Waals surface area contributed by atoms with Gasteiger partial charge in [-0.1, -0.05) is 48.6 Å². The minimum absolute atomic E-state index is 0.00930. The smallest absolute Gasteiger partial charge is 0.410 e. The maximum Gasteiger partial charge on any atom is 0.410 e. The molecule has 26 nitrogen and oxygen atoms in total. The minimum Gasteiger partial charge on any atom is -0.479 e. The summed E-state index contributed by atoms with van der Waals surface area (Å²) in [6.45, 7) is 12.0. The number of ether oxygens (including phenoxy) is 7. The summed E-state index contributed by atoms with van der Waals surface area (Å²) in [5.74, 6) is -5.99. The number of allylic oxidation sites excluding steroid dienone is 2. The average molecular weight is 1290 g/mol. The first kappa shape index (κ1) is 68.0. The average Bonchev–Trinajstić information content (AvgIpc) is 1.59. The van der Waals surface area contributed by atoms with Gasteiger partial charge < -0.3 is 69.3 Å². The molecule has 2 saturated heterocycles. The standard InChI is InChI=1S/C33H43FN4O9.C31H39FN4O9/c1-5-45-29(41)33-15-21(33)11-7-6-8-13-44-19-25(35-30(42)47-32(2,3)4)28(40)38-17-22(14-26(38)27(39)36-33)46-31(43)37-16-20-10-9-12-24(34)23(20)18-37;1-30(2,3)45-28(41)33-23-17-43-11-6-4-5-9-19-13-31(19,27(39)40)34-25(37)24-12-20(15-36(24)26(23)38)44-29(42)35-14-18-8-7-10-22(32)21(18)16-35/h7,9-12,21-22,25-26H,5-6,8,13-19H2,1-4H3,(H,35,42)(H,36,39);5,7-10,19-20,23-24H,4,6,11-17H2,1-3H3,(H,33,41)(H,34,37)(H,39,40)/b11-7-;9-5-/t21-,22-,25+,26+,33-;19-,20-,23+,24+,31-/m11/s1. The van der Waals surface area contributed by atoms with Gasteiger partial charge in [0.1, 0.15) is 70.3 Å². The first-order valence-electron chi connectivity index (χ1n) is 31.2. The number of carboxylic acid groups (broad SMARTS) is 1. The molecule has 2 aromatic rings. The van der Waals surface area contributed by atoms with Gasteiger partial charge in [0.2, 0.25) is 23.6 Å². The zero-order chi connectivity index (χ0) is 66.5. The number of hydrogen-bond donors (Lipinski definition) is 5. The number of carbonyl (C=O) groups excluding carboxylic acids is 9. The fraction of sp³-hybridized carbons (Fsp3) is 0.594. The molecule has 0 bridgehead atoms. The molecule has 2 aromatic carbocycles. The Hall–Kier alpha value is -8.40. The Morgan fingerprint density at radius 3 is 1.48 bits per heavy atom. The van der Waals surface area contributed by atoms with Crippen LogP contribution in [-0.2, 0) is 88.1 Å². The Kier molecular flexibility index (Phi) is 20.9. The molecule has 4 fully saturated rings. The van der Waals surface area contributed by atoms with Crippen LogP contribution in [0.25, 0.3) is 0 Å². The van der Waals surface area contributed by atoms with Crippen LogP contribution in [0.4, 0.5) is 28.0 Å². The number of carbonyl (C=O) groups is 10. The third kappa shape index (κ3) is 16.3. The SMILES string of the molecule is CC(C)(C)OC(=O)N[C@H]1COCCC/C=C\[C@@H]2C[C@@]2(C(=O)O)NC(=O)[C@@H]2C[C@@H](OC(=O)N3Cc4cccc(F)c4C3)CN2C1=O.CCOC(=O)[C@@]12C[C@H]1/C=C\CCCOC[C@H](NC(=O)OC(C)(C)C)C(=O)N1C[C@H](OC(=O)N3Cc4cccc(F)c4C3)C[C@H]1C(=O)N2. The van der Waals surface area contributed by atoms with Gasteiger partial charge in [-0.15, -0.1) is 0 Å². The van der Waals surface area contributed by atoms with Crippen molar-refractivity contribution in [2.45, 2.75) is 185 Å². The van der Waals surface area contributed by atoms with E-state index in [1.165, 1.54) is 31.7 Å². The van der Waals surface area contributed by atoms with Crippen LogP contribution >= 0.6 is 0 Å². The predicted molar refractivity (Wildman–Crippen MR) is 319 cm³/mol. The lowest BCUT2D eigenvalue weighted by atomic mass is 10.1. The number of esters is 1. The van der Waals surface area contributed by atoms with E-state index in [0.717, 1.165) is 0 Å². The topological polar surface area (TPSA) is 317 Å². The van der Waals surface area contributed by atoms with Crippen LogP contribution in [0.2, 0.25) is 0 Å². The van der Waals surface area contributed by atoms with Crippen LogP contribution in [0.15, 0.2) is 60.7 Å². The van der Waals surface area contributed by atoms with E-state index in [0.29, 0.717) is 54.4 Å². The Labute approximate surface area is 531 Å². The number of carboxylic acids is 1. The summed E-state index contributed by atoms with van der Waals surface area (Å²) in [7, 11) is 0. The van der Waals surface area contributed by atoms with Crippen molar-refractivity contribution >= 4 is 59.9 Å². The lowest BCUT2D eigenvalue weighted by molar-refractivity contribution is -0.150. The number of aliphatic carboxylic acids is 1. The van der Waals surface area contributed by atoms with E-state index >= 15 is 0 Å². The number of fused-ring (bicyclic) bond motifs is 6. The number of nitrogens with one attached hydrogen (secondary N) is 4. The summed E-state index contributed by atoms with van der Waals surface area (Å²) < 4.78 is 67.6. The van der Waals surface area contributed by atoms with Gasteiger partial charge >= 0.3 is 36.3 Å². The number of amides is 8. The molecule has 0 spiro atoms. The molecule has 0 unspecified atom stereocenters. The van der Waals surface area contributed by atoms with Crippen molar-refractivity contribution in [2.75, 3.05) is 46.1 Å². The Morgan fingerprint density at radius 1 is 0.641 bits per heavy atom. The van der Waals surface area contributed by atoms with Crippen LogP contribution in [0.5, 0.6) is 0 Å². The molecule has 28 heteroatoms. The highest BCUT2D eigenvalue weighted by atomic mass is 19.1. The fourth-order valence-electron chi connectivity index (χ4n) is 12.2. The second-order valence-corrected chi connectivity index (χ2v) is 26.2. The molecule has 6 aliphatic heterocycles. The lowest BCUT2D eigenvalue weighted by Crippen LogP contribution is -2.57. The summed E-state index contributed by atoms with van der Waals surface area (Å²) in [5, 5.41) is 20.6. The molecular formula is C64H82F2N8O18. The molecule has 10 rings (SSSR count). The third-order valence-corrected chi connectivity index (χ3v) is 16.9. The van der Waals surface area contributed by atoms with Gasteiger partial charge in [-0.3, -0.25) is 29.0 Å². The predicted octanol–water partition coefficient (Wildman–Crippen LogP) is 5.41. The Balaban J connectivity index is 0.000000218. The minimum atomic E-state index is -1.52. The first-order valence-corrected chi connectivity index (χ1v) is 31.2. The van der Waals surface area contributed by atoms with Crippen molar-refractivity contribution in [1.29, 1.82) is 0 Å². The fourth-order valence-corrected chi connectivity index (χ4v) is 12.2. The normalized spacial score (nSPS) is 28.8. The second kappa shape index (κ2) is 28.2. The molecule has 0 radical (unpaired) electrons. The molecule has 2 saturated carbocycles. The highest BCUT2D eigenvalue weighted by Crippen LogP contribution is 2.47. The molecule has 92 heavy (non-hydrogen) atoms. The zero-order valence-electron chi connectivity index (χ0n) is 52.8. The van der Waals surface area contributed by atoms with E-state index in [1.54, 1.807) is 78.8 Å². The van der Waals surface area contributed by atoms with Gasteiger partial charge in [-0.2, -0.15) is 0 Å². The van der Waals surface area contributed by atoms with Crippen LogP contribution in [0, 0.1) is 23.5 Å². The van der Waals surface area contributed by atoms with Crippen LogP contribution in [-0.4, -0.2) is 189 Å². The lowest BCUT2D eigenvalue weighted by Gasteiger charge is -2.30. The number of benzene rings is 2. The largest absolute Gasteiger partial charge is 0.479 e. The summed E-state index contributed by atoms with van der Waals surface area (Å²) in [4.78, 5) is 138. The molecule has 8 aliphatic rings.